The Hall–Kier alpha value is -2.18. The van der Waals surface area contributed by atoms with Crippen LogP contribution < -0.4 is 10.3 Å². The molecule has 0 saturated carbocycles. The number of rotatable bonds is 4. The van der Waals surface area contributed by atoms with Gasteiger partial charge < -0.3 is 0 Å². The number of carbonyl (C=O) groups excluding carboxylic acids is 1. The van der Waals surface area contributed by atoms with Crippen molar-refractivity contribution in [3.05, 3.63) is 65.7 Å². The van der Waals surface area contributed by atoms with Crippen LogP contribution in [0.25, 0.3) is 0 Å². The van der Waals surface area contributed by atoms with E-state index in [0.717, 1.165) is 5.56 Å². The van der Waals surface area contributed by atoms with Crippen LogP contribution >= 0.6 is 0 Å². The first-order valence-corrected chi connectivity index (χ1v) is 8.66. The van der Waals surface area contributed by atoms with E-state index in [4.69, 9.17) is 0 Å². The average molecular weight is 332 g/mol. The number of hydrogen-bond acceptors (Lipinski definition) is 3. The average Bonchev–Trinajstić information content (AvgIpc) is 2.53. The highest BCUT2D eigenvalue weighted by atomic mass is 32.2. The van der Waals surface area contributed by atoms with Crippen molar-refractivity contribution in [3.8, 4) is 0 Å². The molecule has 122 valence electrons. The van der Waals surface area contributed by atoms with Gasteiger partial charge in [0.15, 0.2) is 0 Å². The Morgan fingerprint density at radius 1 is 0.913 bits per heavy atom. The molecule has 0 bridgehead atoms. The molecule has 0 spiro atoms. The predicted molar refractivity (Wildman–Crippen MR) is 89.4 cm³/mol. The summed E-state index contributed by atoms with van der Waals surface area (Å²) >= 11 is 0. The van der Waals surface area contributed by atoms with Gasteiger partial charge in [0, 0.05) is 5.56 Å². The smallest absolute Gasteiger partial charge is 0.266 e. The third-order valence-corrected chi connectivity index (χ3v) is 4.63. The van der Waals surface area contributed by atoms with Crippen molar-refractivity contribution >= 4 is 15.9 Å². The molecule has 0 heterocycles. The molecule has 0 saturated heterocycles. The summed E-state index contributed by atoms with van der Waals surface area (Å²) in [7, 11) is -3.78. The molecule has 2 N–H and O–H groups in total. The second-order valence-corrected chi connectivity index (χ2v) is 7.88. The highest BCUT2D eigenvalue weighted by Gasteiger charge is 2.16. The Balaban J connectivity index is 2.05. The van der Waals surface area contributed by atoms with Crippen molar-refractivity contribution in [2.24, 2.45) is 0 Å². The summed E-state index contributed by atoms with van der Waals surface area (Å²) in [5, 5.41) is 0. The minimum atomic E-state index is -3.78. The van der Waals surface area contributed by atoms with Gasteiger partial charge in [-0.3, -0.25) is 10.2 Å². The van der Waals surface area contributed by atoms with Gasteiger partial charge in [0.1, 0.15) is 0 Å². The van der Waals surface area contributed by atoms with Crippen molar-refractivity contribution in [3.63, 3.8) is 0 Å². The Labute approximate surface area is 136 Å². The highest BCUT2D eigenvalue weighted by molar-refractivity contribution is 7.89. The van der Waals surface area contributed by atoms with Crippen LogP contribution in [0, 0.1) is 0 Å². The summed E-state index contributed by atoms with van der Waals surface area (Å²) in [6.45, 7) is 6.24. The summed E-state index contributed by atoms with van der Waals surface area (Å²) in [5.74, 6) is -0.509. The van der Waals surface area contributed by atoms with Crippen LogP contribution in [0.4, 0.5) is 0 Å². The molecule has 2 aromatic carbocycles. The van der Waals surface area contributed by atoms with Crippen LogP contribution in [0.2, 0.25) is 0 Å². The van der Waals surface area contributed by atoms with Gasteiger partial charge in [0.2, 0.25) is 0 Å². The van der Waals surface area contributed by atoms with E-state index in [9.17, 15) is 13.2 Å². The van der Waals surface area contributed by atoms with Crippen LogP contribution in [0.1, 0.15) is 36.7 Å². The van der Waals surface area contributed by atoms with E-state index in [2.05, 4.69) is 31.0 Å². The molecule has 0 radical (unpaired) electrons. The first kappa shape index (κ1) is 17.2. The van der Waals surface area contributed by atoms with Gasteiger partial charge >= 0.3 is 0 Å². The van der Waals surface area contributed by atoms with Crippen molar-refractivity contribution in [1.29, 1.82) is 0 Å². The Morgan fingerprint density at radius 2 is 1.48 bits per heavy atom. The standard InChI is InChI=1S/C17H20N2O3S/c1-17(2,3)14-11-9-13(10-12-14)16(20)18-19-23(21,22)15-7-5-4-6-8-15/h4-12,19H,1-3H3,(H,18,20). The summed E-state index contributed by atoms with van der Waals surface area (Å²) in [6.07, 6.45) is 0. The first-order chi connectivity index (χ1) is 10.7. The van der Waals surface area contributed by atoms with Gasteiger partial charge in [0.25, 0.3) is 15.9 Å². The van der Waals surface area contributed by atoms with E-state index in [1.807, 2.05) is 12.1 Å². The van der Waals surface area contributed by atoms with Crippen LogP contribution in [0.3, 0.4) is 0 Å². The molecule has 5 nitrogen and oxygen atoms in total. The maximum absolute atomic E-state index is 12.0. The molecular weight excluding hydrogens is 312 g/mol. The third-order valence-electron chi connectivity index (χ3n) is 3.37. The maximum atomic E-state index is 12.0. The lowest BCUT2D eigenvalue weighted by Gasteiger charge is -2.19. The molecule has 0 aliphatic heterocycles. The normalized spacial score (nSPS) is 12.0. The minimum Gasteiger partial charge on any atom is -0.273 e. The molecule has 1 amide bonds. The monoisotopic (exact) mass is 332 g/mol. The van der Waals surface area contributed by atoms with E-state index in [1.54, 1.807) is 30.3 Å². The van der Waals surface area contributed by atoms with Gasteiger partial charge in [-0.15, -0.1) is 4.83 Å². The summed E-state index contributed by atoms with van der Waals surface area (Å²) < 4.78 is 24.1. The molecule has 0 atom stereocenters. The molecule has 2 aromatic rings. The number of sulfonamides is 1. The van der Waals surface area contributed by atoms with E-state index in [-0.39, 0.29) is 10.3 Å². The lowest BCUT2D eigenvalue weighted by Crippen LogP contribution is -2.41. The number of hydrogen-bond donors (Lipinski definition) is 2. The first-order valence-electron chi connectivity index (χ1n) is 7.18. The number of hydrazine groups is 1. The molecule has 2 rings (SSSR count). The van der Waals surface area contributed by atoms with Crippen molar-refractivity contribution in [1.82, 2.24) is 10.3 Å². The van der Waals surface area contributed by atoms with E-state index >= 15 is 0 Å². The lowest BCUT2D eigenvalue weighted by atomic mass is 9.87. The fourth-order valence-electron chi connectivity index (χ4n) is 1.97. The Bertz CT molecular complexity index is 777. The third kappa shape index (κ3) is 4.40. The van der Waals surface area contributed by atoms with Crippen molar-refractivity contribution < 1.29 is 13.2 Å². The zero-order chi connectivity index (χ0) is 17.1. The van der Waals surface area contributed by atoms with Gasteiger partial charge in [-0.1, -0.05) is 51.1 Å². The van der Waals surface area contributed by atoms with Crippen LogP contribution in [0.5, 0.6) is 0 Å². The van der Waals surface area contributed by atoms with E-state index in [1.165, 1.54) is 12.1 Å². The van der Waals surface area contributed by atoms with Gasteiger partial charge in [-0.05, 0) is 35.2 Å². The molecule has 23 heavy (non-hydrogen) atoms. The Morgan fingerprint density at radius 3 is 2.00 bits per heavy atom. The van der Waals surface area contributed by atoms with Gasteiger partial charge in [0.05, 0.1) is 4.90 Å². The summed E-state index contributed by atoms with van der Waals surface area (Å²) in [5.41, 5.74) is 3.69. The molecule has 0 unspecified atom stereocenters. The van der Waals surface area contributed by atoms with E-state index < -0.39 is 15.9 Å². The quantitative estimate of drug-likeness (QED) is 0.845. The zero-order valence-corrected chi connectivity index (χ0v) is 14.1. The van der Waals surface area contributed by atoms with Gasteiger partial charge in [-0.2, -0.15) is 0 Å². The largest absolute Gasteiger partial charge is 0.273 e. The van der Waals surface area contributed by atoms with Crippen molar-refractivity contribution in [2.45, 2.75) is 31.1 Å². The fraction of sp³-hybridized carbons (Fsp3) is 0.235. The molecule has 0 aromatic heterocycles. The van der Waals surface area contributed by atoms with Crippen LogP contribution in [-0.2, 0) is 15.4 Å². The van der Waals surface area contributed by atoms with Crippen LogP contribution in [-0.4, -0.2) is 14.3 Å². The molecule has 0 aliphatic carbocycles. The summed E-state index contributed by atoms with van der Waals surface area (Å²) in [6, 6.07) is 14.9. The second-order valence-electron chi connectivity index (χ2n) is 6.20. The lowest BCUT2D eigenvalue weighted by molar-refractivity contribution is 0.0945. The SMILES string of the molecule is CC(C)(C)c1ccc(C(=O)NNS(=O)(=O)c2ccccc2)cc1. The molecule has 6 heteroatoms. The Kier molecular flexibility index (Phi) is 4.87. The number of amides is 1. The topological polar surface area (TPSA) is 75.3 Å². The minimum absolute atomic E-state index is 0.0100. The predicted octanol–water partition coefficient (Wildman–Crippen LogP) is 2.61. The summed E-state index contributed by atoms with van der Waals surface area (Å²) in [4.78, 5) is 14.2. The number of carbonyl (C=O) groups is 1. The fourth-order valence-corrected chi connectivity index (χ4v) is 2.83. The number of benzene rings is 2. The molecule has 0 aliphatic rings. The second kappa shape index (κ2) is 6.52. The van der Waals surface area contributed by atoms with E-state index in [0.29, 0.717) is 5.56 Å². The van der Waals surface area contributed by atoms with Gasteiger partial charge in [-0.25, -0.2) is 8.42 Å². The zero-order valence-electron chi connectivity index (χ0n) is 13.3. The van der Waals surface area contributed by atoms with Crippen molar-refractivity contribution in [2.75, 3.05) is 0 Å². The molecular formula is C17H20N2O3S. The number of nitrogens with one attached hydrogen (secondary N) is 2. The highest BCUT2D eigenvalue weighted by Crippen LogP contribution is 2.22. The molecule has 0 fully saturated rings. The maximum Gasteiger partial charge on any atom is 0.266 e. The van der Waals surface area contributed by atoms with Crippen LogP contribution in [0.15, 0.2) is 59.5 Å².